The van der Waals surface area contributed by atoms with Gasteiger partial charge in [0.1, 0.15) is 11.6 Å². The average Bonchev–Trinajstić information content (AvgIpc) is 3.12. The highest BCUT2D eigenvalue weighted by molar-refractivity contribution is 5.94. The Hall–Kier alpha value is -3.02. The van der Waals surface area contributed by atoms with Crippen molar-refractivity contribution in [1.29, 1.82) is 0 Å². The summed E-state index contributed by atoms with van der Waals surface area (Å²) in [6.07, 6.45) is 3.76. The number of hydrogen-bond donors (Lipinski definition) is 2. The minimum Gasteiger partial charge on any atom is -0.349 e. The summed E-state index contributed by atoms with van der Waals surface area (Å²) < 4.78 is 26.6. The van der Waals surface area contributed by atoms with Gasteiger partial charge in [0.25, 0.3) is 5.91 Å². The van der Waals surface area contributed by atoms with E-state index in [1.54, 1.807) is 31.5 Å². The van der Waals surface area contributed by atoms with E-state index < -0.39 is 11.6 Å². The molecule has 0 bridgehead atoms. The van der Waals surface area contributed by atoms with E-state index >= 15 is 0 Å². The summed E-state index contributed by atoms with van der Waals surface area (Å²) in [5.41, 5.74) is 2.77. The van der Waals surface area contributed by atoms with Crippen molar-refractivity contribution in [2.75, 3.05) is 0 Å². The molecule has 3 aromatic rings. The van der Waals surface area contributed by atoms with E-state index in [1.807, 2.05) is 12.1 Å². The van der Waals surface area contributed by atoms with E-state index in [-0.39, 0.29) is 18.4 Å². The molecule has 6 heteroatoms. The van der Waals surface area contributed by atoms with Crippen molar-refractivity contribution in [3.05, 3.63) is 77.6 Å². The quantitative estimate of drug-likeness (QED) is 0.743. The van der Waals surface area contributed by atoms with Crippen LogP contribution in [0.4, 0.5) is 8.78 Å². The van der Waals surface area contributed by atoms with Gasteiger partial charge in [0.2, 0.25) is 0 Å². The number of benzene rings is 2. The summed E-state index contributed by atoms with van der Waals surface area (Å²) >= 11 is 0. The van der Waals surface area contributed by atoms with Crippen molar-refractivity contribution < 1.29 is 13.6 Å². The van der Waals surface area contributed by atoms with Gasteiger partial charge in [0.05, 0.1) is 6.20 Å². The lowest BCUT2D eigenvalue weighted by atomic mass is 10.0. The molecule has 0 spiro atoms. The van der Waals surface area contributed by atoms with Gasteiger partial charge < -0.3 is 5.32 Å². The summed E-state index contributed by atoms with van der Waals surface area (Å²) in [5, 5.41) is 9.45. The third-order valence-corrected chi connectivity index (χ3v) is 3.90. The number of aromatic nitrogens is 2. The lowest BCUT2D eigenvalue weighted by Gasteiger charge is -2.14. The third-order valence-electron chi connectivity index (χ3n) is 3.90. The zero-order valence-corrected chi connectivity index (χ0v) is 13.6. The fourth-order valence-electron chi connectivity index (χ4n) is 2.60. The first-order chi connectivity index (χ1) is 12.0. The summed E-state index contributed by atoms with van der Waals surface area (Å²) in [7, 11) is 0. The van der Waals surface area contributed by atoms with E-state index in [9.17, 15) is 13.6 Å². The fourth-order valence-corrected chi connectivity index (χ4v) is 2.60. The number of nitrogens with one attached hydrogen (secondary N) is 2. The third kappa shape index (κ3) is 4.09. The zero-order chi connectivity index (χ0) is 17.8. The number of halogens is 2. The van der Waals surface area contributed by atoms with Crippen molar-refractivity contribution in [3.63, 3.8) is 0 Å². The zero-order valence-electron chi connectivity index (χ0n) is 13.6. The van der Waals surface area contributed by atoms with Crippen LogP contribution < -0.4 is 5.32 Å². The first-order valence-electron chi connectivity index (χ1n) is 7.87. The Kier molecular flexibility index (Phi) is 4.88. The second kappa shape index (κ2) is 7.25. The molecule has 25 heavy (non-hydrogen) atoms. The number of aromatic amines is 1. The maximum atomic E-state index is 13.7. The van der Waals surface area contributed by atoms with Crippen LogP contribution in [0.3, 0.4) is 0 Å². The molecule has 0 saturated carbocycles. The highest BCUT2D eigenvalue weighted by Gasteiger charge is 2.13. The topological polar surface area (TPSA) is 57.8 Å². The molecule has 1 unspecified atom stereocenters. The van der Waals surface area contributed by atoms with Crippen molar-refractivity contribution in [2.45, 2.75) is 19.4 Å². The predicted octanol–water partition coefficient (Wildman–Crippen LogP) is 3.72. The van der Waals surface area contributed by atoms with Crippen LogP contribution in [0.15, 0.2) is 54.9 Å². The van der Waals surface area contributed by atoms with Gasteiger partial charge in [0, 0.05) is 29.4 Å². The Morgan fingerprint density at radius 3 is 2.56 bits per heavy atom. The summed E-state index contributed by atoms with van der Waals surface area (Å²) in [4.78, 5) is 12.3. The first kappa shape index (κ1) is 16.8. The number of hydrogen-bond acceptors (Lipinski definition) is 2. The van der Waals surface area contributed by atoms with Crippen LogP contribution in [0.2, 0.25) is 0 Å². The van der Waals surface area contributed by atoms with Gasteiger partial charge in [-0.25, -0.2) is 8.78 Å². The molecule has 0 saturated heterocycles. The Morgan fingerprint density at radius 2 is 1.92 bits per heavy atom. The number of amides is 1. The summed E-state index contributed by atoms with van der Waals surface area (Å²) in [5.74, 6) is -1.46. The van der Waals surface area contributed by atoms with Gasteiger partial charge in [-0.05, 0) is 42.7 Å². The summed E-state index contributed by atoms with van der Waals surface area (Å²) in [6.45, 7) is 1.78. The maximum absolute atomic E-state index is 13.7. The fraction of sp³-hybridized carbons (Fsp3) is 0.158. The minimum atomic E-state index is -0.615. The van der Waals surface area contributed by atoms with Crippen molar-refractivity contribution in [2.24, 2.45) is 0 Å². The average molecular weight is 341 g/mol. The van der Waals surface area contributed by atoms with Crippen molar-refractivity contribution in [3.8, 4) is 11.1 Å². The lowest BCUT2D eigenvalue weighted by molar-refractivity contribution is 0.0940. The van der Waals surface area contributed by atoms with Gasteiger partial charge in [0.15, 0.2) is 0 Å². The molecule has 1 aromatic heterocycles. The summed E-state index contributed by atoms with van der Waals surface area (Å²) in [6, 6.07) is 10.3. The molecular formula is C19H17F2N3O. The highest BCUT2D eigenvalue weighted by Crippen LogP contribution is 2.18. The molecule has 4 nitrogen and oxygen atoms in total. The molecule has 0 aliphatic rings. The second-order valence-corrected chi connectivity index (χ2v) is 5.88. The van der Waals surface area contributed by atoms with Crippen LogP contribution in [0, 0.1) is 11.6 Å². The molecule has 1 atom stereocenters. The van der Waals surface area contributed by atoms with Crippen molar-refractivity contribution >= 4 is 5.91 Å². The molecule has 128 valence electrons. The van der Waals surface area contributed by atoms with Crippen LogP contribution in [0.25, 0.3) is 11.1 Å². The predicted molar refractivity (Wildman–Crippen MR) is 91.0 cm³/mol. The van der Waals surface area contributed by atoms with Gasteiger partial charge in [-0.1, -0.05) is 18.2 Å². The molecule has 3 rings (SSSR count). The number of carbonyl (C=O) groups excluding carboxylic acids is 1. The normalized spacial score (nSPS) is 12.0. The van der Waals surface area contributed by atoms with Crippen LogP contribution in [-0.2, 0) is 6.42 Å². The lowest BCUT2D eigenvalue weighted by Crippen LogP contribution is -2.34. The van der Waals surface area contributed by atoms with Crippen LogP contribution in [-0.4, -0.2) is 22.1 Å². The molecular weight excluding hydrogens is 324 g/mol. The molecule has 1 heterocycles. The van der Waals surface area contributed by atoms with Crippen LogP contribution in [0.5, 0.6) is 0 Å². The van der Waals surface area contributed by atoms with E-state index in [0.29, 0.717) is 11.1 Å². The molecule has 0 aliphatic heterocycles. The molecule has 2 aromatic carbocycles. The first-order valence-corrected chi connectivity index (χ1v) is 7.87. The molecule has 0 aliphatic carbocycles. The number of carbonyl (C=O) groups is 1. The smallest absolute Gasteiger partial charge is 0.251 e. The van der Waals surface area contributed by atoms with Gasteiger partial charge in [-0.3, -0.25) is 9.89 Å². The number of rotatable bonds is 5. The van der Waals surface area contributed by atoms with Crippen molar-refractivity contribution in [1.82, 2.24) is 15.5 Å². The van der Waals surface area contributed by atoms with E-state index in [2.05, 4.69) is 15.5 Å². The Bertz CT molecular complexity index is 861. The van der Waals surface area contributed by atoms with E-state index in [0.717, 1.165) is 17.2 Å². The maximum Gasteiger partial charge on any atom is 0.251 e. The largest absolute Gasteiger partial charge is 0.349 e. The molecule has 0 fully saturated rings. The Balaban J connectivity index is 1.63. The number of nitrogens with zero attached hydrogens (tertiary/aromatic N) is 1. The van der Waals surface area contributed by atoms with E-state index in [1.165, 1.54) is 12.1 Å². The second-order valence-electron chi connectivity index (χ2n) is 5.88. The SMILES string of the molecule is CC(Cc1ccc(F)cc1F)NC(=O)c1ccc(-c2cn[nH]c2)cc1. The van der Waals surface area contributed by atoms with Gasteiger partial charge in [-0.2, -0.15) is 5.10 Å². The molecule has 1 amide bonds. The number of H-pyrrole nitrogens is 1. The molecule has 0 radical (unpaired) electrons. The standard InChI is InChI=1S/C19H17F2N3O/c1-12(8-15-6-7-17(20)9-18(15)21)24-19(25)14-4-2-13(3-5-14)16-10-22-23-11-16/h2-7,9-12H,8H2,1H3,(H,22,23)(H,24,25). The van der Waals surface area contributed by atoms with Gasteiger partial charge >= 0.3 is 0 Å². The Morgan fingerprint density at radius 1 is 1.16 bits per heavy atom. The highest BCUT2D eigenvalue weighted by atomic mass is 19.1. The van der Waals surface area contributed by atoms with E-state index in [4.69, 9.17) is 0 Å². The molecule has 2 N–H and O–H groups in total. The van der Waals surface area contributed by atoms with Crippen LogP contribution >= 0.6 is 0 Å². The Labute approximate surface area is 143 Å². The van der Waals surface area contributed by atoms with Gasteiger partial charge in [-0.15, -0.1) is 0 Å². The monoisotopic (exact) mass is 341 g/mol. The minimum absolute atomic E-state index is 0.242. The van der Waals surface area contributed by atoms with Crippen LogP contribution in [0.1, 0.15) is 22.8 Å².